The highest BCUT2D eigenvalue weighted by atomic mass is 15.1. The molecule has 0 fully saturated rings. The summed E-state index contributed by atoms with van der Waals surface area (Å²) in [5.74, 6) is 1.26. The van der Waals surface area contributed by atoms with E-state index in [1.807, 2.05) is 27.7 Å². The van der Waals surface area contributed by atoms with E-state index in [4.69, 9.17) is 0 Å². The number of hydrogen-bond donors (Lipinski definition) is 0. The van der Waals surface area contributed by atoms with Crippen molar-refractivity contribution in [1.29, 1.82) is 0 Å². The monoisotopic (exact) mass is 454 g/mol. The van der Waals surface area contributed by atoms with Gasteiger partial charge in [-0.3, -0.25) is 0 Å². The fourth-order valence-corrected chi connectivity index (χ4v) is 4.01. The third kappa shape index (κ3) is 8.72. The van der Waals surface area contributed by atoms with Crippen LogP contribution in [0.15, 0.2) is 36.4 Å². The van der Waals surface area contributed by atoms with E-state index in [2.05, 4.69) is 109 Å². The highest BCUT2D eigenvalue weighted by molar-refractivity contribution is 5.61. The number of benzene rings is 2. The van der Waals surface area contributed by atoms with Gasteiger partial charge in [-0.05, 0) is 72.9 Å². The number of aryl methyl sites for hydroxylation is 1. The summed E-state index contributed by atoms with van der Waals surface area (Å²) in [7, 11) is 4.36. The number of rotatable bonds is 5. The van der Waals surface area contributed by atoms with E-state index < -0.39 is 0 Å². The Morgan fingerprint density at radius 3 is 1.97 bits per heavy atom. The number of hydrogen-bond acceptors (Lipinski definition) is 2. The molecule has 0 aromatic heterocycles. The minimum Gasteiger partial charge on any atom is -0.374 e. The van der Waals surface area contributed by atoms with E-state index >= 15 is 0 Å². The molecule has 0 saturated heterocycles. The lowest BCUT2D eigenvalue weighted by Crippen LogP contribution is -2.26. The van der Waals surface area contributed by atoms with Crippen LogP contribution in [0, 0.1) is 0 Å². The van der Waals surface area contributed by atoms with Crippen LogP contribution in [-0.4, -0.2) is 26.7 Å². The van der Waals surface area contributed by atoms with Gasteiger partial charge in [-0.25, -0.2) is 0 Å². The number of likely N-dealkylation sites (N-methyl/N-ethyl adjacent to an activating group) is 1. The van der Waals surface area contributed by atoms with Crippen molar-refractivity contribution in [2.75, 3.05) is 30.4 Å². The lowest BCUT2D eigenvalue weighted by Gasteiger charge is -2.27. The maximum absolute atomic E-state index is 2.37. The molecule has 1 aliphatic rings. The molecule has 0 unspecified atom stereocenters. The first-order valence-electron chi connectivity index (χ1n) is 13.4. The van der Waals surface area contributed by atoms with E-state index in [0.717, 1.165) is 6.42 Å². The predicted octanol–water partition coefficient (Wildman–Crippen LogP) is 9.07. The van der Waals surface area contributed by atoms with Gasteiger partial charge in [0.2, 0.25) is 0 Å². The average molecular weight is 455 g/mol. The van der Waals surface area contributed by atoms with Crippen molar-refractivity contribution in [2.45, 2.75) is 107 Å². The van der Waals surface area contributed by atoms with Gasteiger partial charge in [0.15, 0.2) is 0 Å². The summed E-state index contributed by atoms with van der Waals surface area (Å²) < 4.78 is 0. The summed E-state index contributed by atoms with van der Waals surface area (Å²) in [6.07, 6.45) is 2.32. The SMILES string of the molecule is CC.CC.CC(C)c1cccc2c1CCN2C.CCc1ccc(C(C)C)cc1N(C)C(C)C. The molecule has 2 nitrogen and oxygen atoms in total. The van der Waals surface area contributed by atoms with Gasteiger partial charge >= 0.3 is 0 Å². The van der Waals surface area contributed by atoms with Crippen molar-refractivity contribution < 1.29 is 0 Å². The second-order valence-corrected chi connectivity index (χ2v) is 9.27. The maximum Gasteiger partial charge on any atom is 0.0401 e. The van der Waals surface area contributed by atoms with Crippen LogP contribution >= 0.6 is 0 Å². The molecular weight excluding hydrogens is 400 g/mol. The third-order valence-electron chi connectivity index (χ3n) is 6.23. The Hall–Kier alpha value is -1.96. The van der Waals surface area contributed by atoms with Gasteiger partial charge in [0.05, 0.1) is 0 Å². The molecule has 2 aromatic carbocycles. The first kappa shape index (κ1) is 31.0. The highest BCUT2D eigenvalue weighted by Gasteiger charge is 2.19. The molecule has 3 rings (SSSR count). The summed E-state index contributed by atoms with van der Waals surface area (Å²) in [6.45, 7) is 24.9. The van der Waals surface area contributed by atoms with Crippen molar-refractivity contribution in [3.63, 3.8) is 0 Å². The Morgan fingerprint density at radius 1 is 0.879 bits per heavy atom. The van der Waals surface area contributed by atoms with Gasteiger partial charge < -0.3 is 9.80 Å². The van der Waals surface area contributed by atoms with Crippen molar-refractivity contribution >= 4 is 11.4 Å². The molecule has 0 spiro atoms. The zero-order valence-corrected chi connectivity index (χ0v) is 24.2. The third-order valence-corrected chi connectivity index (χ3v) is 6.23. The minimum absolute atomic E-state index is 0.549. The Labute approximate surface area is 207 Å². The fourth-order valence-electron chi connectivity index (χ4n) is 4.01. The van der Waals surface area contributed by atoms with Crippen LogP contribution < -0.4 is 9.80 Å². The molecule has 0 amide bonds. The molecule has 0 radical (unpaired) electrons. The van der Waals surface area contributed by atoms with Crippen LogP contribution in [0.5, 0.6) is 0 Å². The van der Waals surface area contributed by atoms with Gasteiger partial charge in [0.1, 0.15) is 0 Å². The highest BCUT2D eigenvalue weighted by Crippen LogP contribution is 2.33. The summed E-state index contributed by atoms with van der Waals surface area (Å²) >= 11 is 0. The van der Waals surface area contributed by atoms with Gasteiger partial charge in [-0.2, -0.15) is 0 Å². The minimum atomic E-state index is 0.549. The predicted molar refractivity (Wildman–Crippen MR) is 154 cm³/mol. The van der Waals surface area contributed by atoms with Gasteiger partial charge in [-0.15, -0.1) is 0 Å². The van der Waals surface area contributed by atoms with E-state index in [9.17, 15) is 0 Å². The van der Waals surface area contributed by atoms with Crippen molar-refractivity contribution in [3.8, 4) is 0 Å². The first-order valence-corrected chi connectivity index (χ1v) is 13.4. The second kappa shape index (κ2) is 15.8. The van der Waals surface area contributed by atoms with E-state index in [0.29, 0.717) is 17.9 Å². The lowest BCUT2D eigenvalue weighted by molar-refractivity contribution is 0.747. The largest absolute Gasteiger partial charge is 0.374 e. The van der Waals surface area contributed by atoms with Crippen molar-refractivity contribution in [2.24, 2.45) is 0 Å². The standard InChI is InChI=1S/C15H25N.C12H17N.2C2H6/c1-7-13-8-9-14(11(2)3)10-15(13)16(6)12(4)5;1-9(2)10-5-4-6-12-11(10)7-8-13(12)3;2*1-2/h8-12H,7H2,1-6H3;4-6,9H,7-8H2,1-3H3;2*1-2H3. The van der Waals surface area contributed by atoms with E-state index in [1.165, 1.54) is 41.0 Å². The van der Waals surface area contributed by atoms with Crippen molar-refractivity contribution in [1.82, 2.24) is 0 Å². The Bertz CT molecular complexity index is 790. The topological polar surface area (TPSA) is 6.48 Å². The number of anilines is 2. The van der Waals surface area contributed by atoms with Gasteiger partial charge in [0, 0.05) is 38.1 Å². The van der Waals surface area contributed by atoms with E-state index in [1.54, 1.807) is 5.56 Å². The summed E-state index contributed by atoms with van der Waals surface area (Å²) in [5.41, 5.74) is 8.80. The summed E-state index contributed by atoms with van der Waals surface area (Å²) in [4.78, 5) is 4.71. The quantitative estimate of drug-likeness (QED) is 0.444. The summed E-state index contributed by atoms with van der Waals surface area (Å²) in [5, 5.41) is 0. The molecule has 0 aliphatic carbocycles. The zero-order valence-electron chi connectivity index (χ0n) is 24.2. The van der Waals surface area contributed by atoms with E-state index in [-0.39, 0.29) is 0 Å². The summed E-state index contributed by atoms with van der Waals surface area (Å²) in [6, 6.07) is 14.1. The molecule has 2 heteroatoms. The first-order chi connectivity index (χ1) is 15.7. The van der Waals surface area contributed by atoms with Gasteiger partial charge in [0.25, 0.3) is 0 Å². The molecule has 188 valence electrons. The zero-order chi connectivity index (χ0) is 25.7. The molecule has 0 bridgehead atoms. The smallest absolute Gasteiger partial charge is 0.0401 e. The molecule has 0 atom stereocenters. The molecule has 1 aliphatic heterocycles. The molecule has 1 heterocycles. The Morgan fingerprint density at radius 2 is 1.48 bits per heavy atom. The van der Waals surface area contributed by atoms with Gasteiger partial charge in [-0.1, -0.05) is 86.6 Å². The van der Waals surface area contributed by atoms with Crippen LogP contribution in [0.3, 0.4) is 0 Å². The molecule has 33 heavy (non-hydrogen) atoms. The van der Waals surface area contributed by atoms with Crippen LogP contribution in [0.25, 0.3) is 0 Å². The number of nitrogens with zero attached hydrogens (tertiary/aromatic N) is 2. The Kier molecular flexibility index (Phi) is 14.9. The molecular formula is C31H54N2. The second-order valence-electron chi connectivity index (χ2n) is 9.27. The number of fused-ring (bicyclic) bond motifs is 1. The van der Waals surface area contributed by atoms with Crippen molar-refractivity contribution in [3.05, 3.63) is 58.7 Å². The normalized spacial score (nSPS) is 11.8. The van der Waals surface area contributed by atoms with Crippen LogP contribution in [0.4, 0.5) is 11.4 Å². The maximum atomic E-state index is 2.37. The Balaban J connectivity index is 0.000000546. The van der Waals surface area contributed by atoms with Crippen LogP contribution in [-0.2, 0) is 12.8 Å². The average Bonchev–Trinajstić information content (AvgIpc) is 3.21. The fraction of sp³-hybridized carbons (Fsp3) is 0.613. The molecule has 0 saturated carbocycles. The lowest BCUT2D eigenvalue weighted by atomic mass is 9.96. The van der Waals surface area contributed by atoms with Crippen LogP contribution in [0.1, 0.15) is 110 Å². The molecule has 0 N–H and O–H groups in total. The van der Waals surface area contributed by atoms with Crippen LogP contribution in [0.2, 0.25) is 0 Å². The molecule has 2 aromatic rings.